The fourth-order valence-corrected chi connectivity index (χ4v) is 1.60. The quantitative estimate of drug-likeness (QED) is 0.890. The molecule has 0 radical (unpaired) electrons. The maximum absolute atomic E-state index is 12.9. The lowest BCUT2D eigenvalue weighted by atomic mass is 10.1. The number of halogens is 2. The minimum Gasteiger partial charge on any atom is -0.479 e. The van der Waals surface area contributed by atoms with Gasteiger partial charge in [-0.2, -0.15) is 0 Å². The van der Waals surface area contributed by atoms with Crippen LogP contribution in [-0.4, -0.2) is 18.0 Å². The number of rotatable bonds is 4. The van der Waals surface area contributed by atoms with Gasteiger partial charge in [0.25, 0.3) is 5.91 Å². The number of nitrogens with two attached hydrogens (primary N) is 1. The Morgan fingerprint density at radius 2 is 2.05 bits per heavy atom. The Hall–Kier alpha value is -1.82. The van der Waals surface area contributed by atoms with Crippen LogP contribution in [-0.2, 0) is 4.79 Å². The molecule has 7 heteroatoms. The zero-order valence-electron chi connectivity index (χ0n) is 10.4. The summed E-state index contributed by atoms with van der Waals surface area (Å²) in [6.07, 6.45) is -0.963. The van der Waals surface area contributed by atoms with Gasteiger partial charge in [-0.15, -0.1) is 0 Å². The molecule has 0 unspecified atom stereocenters. The van der Waals surface area contributed by atoms with Gasteiger partial charge in [0.15, 0.2) is 6.10 Å². The van der Waals surface area contributed by atoms with E-state index in [2.05, 4.69) is 0 Å². The van der Waals surface area contributed by atoms with Gasteiger partial charge in [-0.25, -0.2) is 9.18 Å². The number of benzene rings is 1. The number of imide groups is 1. The third-order valence-corrected chi connectivity index (χ3v) is 2.55. The van der Waals surface area contributed by atoms with Crippen LogP contribution in [0.4, 0.5) is 9.18 Å². The van der Waals surface area contributed by atoms with Crippen molar-refractivity contribution in [1.82, 2.24) is 5.32 Å². The summed E-state index contributed by atoms with van der Waals surface area (Å²) in [5, 5.41) is 1.97. The van der Waals surface area contributed by atoms with Gasteiger partial charge < -0.3 is 10.5 Å². The van der Waals surface area contributed by atoms with E-state index in [1.54, 1.807) is 13.8 Å². The smallest absolute Gasteiger partial charge is 0.318 e. The number of amides is 3. The minimum absolute atomic E-state index is 0.0394. The van der Waals surface area contributed by atoms with E-state index in [4.69, 9.17) is 22.1 Å². The van der Waals surface area contributed by atoms with Crippen LogP contribution in [0.1, 0.15) is 13.8 Å². The van der Waals surface area contributed by atoms with Crippen molar-refractivity contribution in [3.8, 4) is 5.75 Å². The summed E-state index contributed by atoms with van der Waals surface area (Å²) in [6, 6.07) is 2.57. The van der Waals surface area contributed by atoms with E-state index in [-0.39, 0.29) is 16.7 Å². The predicted octanol–water partition coefficient (Wildman–Crippen LogP) is 2.08. The van der Waals surface area contributed by atoms with Crippen molar-refractivity contribution in [2.75, 3.05) is 0 Å². The van der Waals surface area contributed by atoms with Crippen LogP contribution in [0.2, 0.25) is 5.02 Å². The Kier molecular flexibility index (Phi) is 5.11. The third kappa shape index (κ3) is 4.40. The molecule has 5 nitrogen and oxygen atoms in total. The minimum atomic E-state index is -0.968. The highest BCUT2D eigenvalue weighted by Gasteiger charge is 2.26. The molecular weight excluding hydrogens is 275 g/mol. The van der Waals surface area contributed by atoms with E-state index in [0.717, 1.165) is 12.1 Å². The molecular formula is C12H14ClFN2O3. The monoisotopic (exact) mass is 288 g/mol. The van der Waals surface area contributed by atoms with Crippen LogP contribution < -0.4 is 15.8 Å². The van der Waals surface area contributed by atoms with Gasteiger partial charge in [0.2, 0.25) is 0 Å². The Bertz CT molecular complexity index is 494. The summed E-state index contributed by atoms with van der Waals surface area (Å²) < 4.78 is 18.3. The molecule has 1 rings (SSSR count). The van der Waals surface area contributed by atoms with Crippen molar-refractivity contribution >= 4 is 23.5 Å². The second kappa shape index (κ2) is 6.38. The second-order valence-electron chi connectivity index (χ2n) is 4.21. The predicted molar refractivity (Wildman–Crippen MR) is 68.4 cm³/mol. The van der Waals surface area contributed by atoms with Gasteiger partial charge in [-0.3, -0.25) is 10.1 Å². The summed E-state index contributed by atoms with van der Waals surface area (Å²) in [4.78, 5) is 22.4. The average Bonchev–Trinajstić information content (AvgIpc) is 2.26. The summed E-state index contributed by atoms with van der Waals surface area (Å²) >= 11 is 5.80. The first-order valence-electron chi connectivity index (χ1n) is 5.53. The number of carbonyl (C=O) groups is 2. The van der Waals surface area contributed by atoms with Gasteiger partial charge in [-0.1, -0.05) is 25.4 Å². The highest BCUT2D eigenvalue weighted by atomic mass is 35.5. The molecule has 0 saturated heterocycles. The van der Waals surface area contributed by atoms with Crippen LogP contribution in [0.5, 0.6) is 5.75 Å². The number of ether oxygens (including phenoxy) is 1. The normalized spacial score (nSPS) is 12.1. The Morgan fingerprint density at radius 3 is 2.53 bits per heavy atom. The molecule has 1 aromatic rings. The van der Waals surface area contributed by atoms with Crippen molar-refractivity contribution in [2.45, 2.75) is 20.0 Å². The first-order valence-corrected chi connectivity index (χ1v) is 5.91. The van der Waals surface area contributed by atoms with E-state index in [0.29, 0.717) is 0 Å². The molecule has 0 aromatic heterocycles. The zero-order valence-corrected chi connectivity index (χ0v) is 11.2. The number of urea groups is 1. The van der Waals surface area contributed by atoms with Crippen LogP contribution in [0.3, 0.4) is 0 Å². The van der Waals surface area contributed by atoms with Crippen molar-refractivity contribution in [3.05, 3.63) is 29.0 Å². The fourth-order valence-electron chi connectivity index (χ4n) is 1.39. The van der Waals surface area contributed by atoms with Crippen molar-refractivity contribution in [2.24, 2.45) is 11.7 Å². The van der Waals surface area contributed by atoms with Gasteiger partial charge in [0.1, 0.15) is 11.6 Å². The molecule has 3 N–H and O–H groups in total. The van der Waals surface area contributed by atoms with Crippen LogP contribution in [0.15, 0.2) is 18.2 Å². The number of carbonyl (C=O) groups excluding carboxylic acids is 2. The maximum Gasteiger partial charge on any atom is 0.318 e. The zero-order chi connectivity index (χ0) is 14.6. The van der Waals surface area contributed by atoms with E-state index >= 15 is 0 Å². The number of hydrogen-bond acceptors (Lipinski definition) is 3. The van der Waals surface area contributed by atoms with Crippen molar-refractivity contribution in [1.29, 1.82) is 0 Å². The van der Waals surface area contributed by atoms with Gasteiger partial charge >= 0.3 is 6.03 Å². The van der Waals surface area contributed by atoms with E-state index < -0.39 is 23.9 Å². The van der Waals surface area contributed by atoms with Crippen LogP contribution in [0, 0.1) is 11.7 Å². The summed E-state index contributed by atoms with van der Waals surface area (Å²) in [5.41, 5.74) is 4.87. The van der Waals surface area contributed by atoms with Gasteiger partial charge in [0, 0.05) is 0 Å². The van der Waals surface area contributed by atoms with E-state index in [1.165, 1.54) is 6.07 Å². The largest absolute Gasteiger partial charge is 0.479 e. The number of primary amides is 1. The molecule has 1 aromatic carbocycles. The van der Waals surface area contributed by atoms with Crippen molar-refractivity contribution < 1.29 is 18.7 Å². The van der Waals surface area contributed by atoms with Crippen molar-refractivity contribution in [3.63, 3.8) is 0 Å². The average molecular weight is 289 g/mol. The Labute approximate surface area is 114 Å². The first-order chi connectivity index (χ1) is 8.81. The third-order valence-electron chi connectivity index (χ3n) is 2.26. The van der Waals surface area contributed by atoms with E-state index in [1.807, 2.05) is 5.32 Å². The highest BCUT2D eigenvalue weighted by molar-refractivity contribution is 6.32. The lowest BCUT2D eigenvalue weighted by molar-refractivity contribution is -0.128. The van der Waals surface area contributed by atoms with Crippen LogP contribution >= 0.6 is 11.6 Å². The molecule has 19 heavy (non-hydrogen) atoms. The Balaban J connectivity index is 2.89. The summed E-state index contributed by atoms with van der Waals surface area (Å²) in [7, 11) is 0. The SMILES string of the molecule is CC(C)[C@H](Oc1ccc(F)cc1Cl)C(=O)NC(N)=O. The molecule has 0 spiro atoms. The summed E-state index contributed by atoms with van der Waals surface area (Å²) in [6.45, 7) is 3.45. The molecule has 0 aliphatic heterocycles. The van der Waals surface area contributed by atoms with Gasteiger partial charge in [0.05, 0.1) is 5.02 Å². The molecule has 1 atom stereocenters. The first kappa shape index (κ1) is 15.2. The fraction of sp³-hybridized carbons (Fsp3) is 0.333. The second-order valence-corrected chi connectivity index (χ2v) is 4.62. The molecule has 0 aliphatic carbocycles. The summed E-state index contributed by atoms with van der Waals surface area (Å²) in [5.74, 6) is -1.27. The number of nitrogens with one attached hydrogen (secondary N) is 1. The Morgan fingerprint density at radius 1 is 1.42 bits per heavy atom. The highest BCUT2D eigenvalue weighted by Crippen LogP contribution is 2.27. The molecule has 0 fully saturated rings. The lowest BCUT2D eigenvalue weighted by Gasteiger charge is -2.21. The van der Waals surface area contributed by atoms with E-state index in [9.17, 15) is 14.0 Å². The molecule has 0 saturated carbocycles. The topological polar surface area (TPSA) is 81.4 Å². The van der Waals surface area contributed by atoms with Crippen LogP contribution in [0.25, 0.3) is 0 Å². The van der Waals surface area contributed by atoms with Gasteiger partial charge in [-0.05, 0) is 24.1 Å². The maximum atomic E-state index is 12.9. The molecule has 0 bridgehead atoms. The molecule has 0 aliphatic rings. The molecule has 104 valence electrons. The number of hydrogen-bond donors (Lipinski definition) is 2. The molecule has 0 heterocycles. The molecule has 3 amide bonds. The standard InChI is InChI=1S/C12H14ClFN2O3/c1-6(2)10(11(17)16-12(15)18)19-9-4-3-7(14)5-8(9)13/h3-6,10H,1-2H3,(H3,15,16,17,18)/t10-/m0/s1. The lowest BCUT2D eigenvalue weighted by Crippen LogP contribution is -2.46.